The minimum Gasteiger partial charge on any atom is -0.486 e. The molecule has 1 aliphatic heterocycles. The van der Waals surface area contributed by atoms with E-state index in [2.05, 4.69) is 43.4 Å². The summed E-state index contributed by atoms with van der Waals surface area (Å²) in [4.78, 5) is 25.9. The minimum atomic E-state index is -0.833. The van der Waals surface area contributed by atoms with E-state index in [1.54, 1.807) is 23.9 Å². The van der Waals surface area contributed by atoms with Gasteiger partial charge in [0.25, 0.3) is 5.97 Å². The Hall–Kier alpha value is -3.79. The van der Waals surface area contributed by atoms with Crippen LogP contribution in [-0.4, -0.2) is 50.6 Å². The number of likely N-dealkylation sites (tertiary alicyclic amines) is 1. The van der Waals surface area contributed by atoms with Crippen LogP contribution in [0.15, 0.2) is 67.1 Å². The van der Waals surface area contributed by atoms with E-state index in [4.69, 9.17) is 26.2 Å². The van der Waals surface area contributed by atoms with Crippen molar-refractivity contribution in [2.45, 2.75) is 32.8 Å². The van der Waals surface area contributed by atoms with Crippen molar-refractivity contribution < 1.29 is 14.6 Å². The molecule has 1 aliphatic rings. The van der Waals surface area contributed by atoms with Crippen molar-refractivity contribution in [3.05, 3.63) is 83.4 Å². The van der Waals surface area contributed by atoms with Crippen LogP contribution in [0.2, 0.25) is 5.02 Å². The number of aromatic nitrogens is 3. The highest BCUT2D eigenvalue weighted by Gasteiger charge is 2.15. The summed E-state index contributed by atoms with van der Waals surface area (Å²) in [7, 11) is 0. The van der Waals surface area contributed by atoms with E-state index in [9.17, 15) is 0 Å². The van der Waals surface area contributed by atoms with Gasteiger partial charge in [-0.05, 0) is 74.3 Å². The third-order valence-corrected chi connectivity index (χ3v) is 7.90. The molecule has 0 unspecified atom stereocenters. The average molecular weight is 576 g/mol. The van der Waals surface area contributed by atoms with Gasteiger partial charge in [-0.15, -0.1) is 11.3 Å². The third kappa shape index (κ3) is 7.04. The molecule has 0 amide bonds. The quantitative estimate of drug-likeness (QED) is 0.205. The largest absolute Gasteiger partial charge is 0.486 e. The molecule has 0 radical (unpaired) electrons. The van der Waals surface area contributed by atoms with E-state index >= 15 is 0 Å². The molecule has 4 heterocycles. The first-order valence-corrected chi connectivity index (χ1v) is 14.3. The van der Waals surface area contributed by atoms with Crippen molar-refractivity contribution in [1.82, 2.24) is 19.9 Å². The number of aliphatic carboxylic acids is 1. The number of thiophene rings is 1. The first kappa shape index (κ1) is 27.8. The summed E-state index contributed by atoms with van der Waals surface area (Å²) in [6.07, 6.45) is 7.10. The molecule has 0 spiro atoms. The number of hydrogen-bond acceptors (Lipinski definition) is 8. The maximum atomic E-state index is 9.00. The van der Waals surface area contributed by atoms with E-state index < -0.39 is 5.97 Å². The fourth-order valence-electron chi connectivity index (χ4n) is 4.66. The van der Waals surface area contributed by atoms with Crippen LogP contribution in [0.25, 0.3) is 20.3 Å². The molecule has 1 fully saturated rings. The molecule has 6 rings (SSSR count). The molecule has 5 aromatic rings. The Morgan fingerprint density at radius 3 is 2.67 bits per heavy atom. The van der Waals surface area contributed by atoms with Gasteiger partial charge in [0.05, 0.1) is 16.1 Å². The van der Waals surface area contributed by atoms with Gasteiger partial charge in [0.1, 0.15) is 29.3 Å². The van der Waals surface area contributed by atoms with Gasteiger partial charge < -0.3 is 20.1 Å². The van der Waals surface area contributed by atoms with Crippen molar-refractivity contribution in [2.24, 2.45) is 0 Å². The van der Waals surface area contributed by atoms with Crippen LogP contribution in [0.1, 0.15) is 31.0 Å². The average Bonchev–Trinajstić information content (AvgIpc) is 3.60. The number of carboxylic acid groups (broad SMARTS) is 1. The molecule has 2 aromatic carbocycles. The first-order chi connectivity index (χ1) is 19.5. The number of fused-ring (bicyclic) bond motifs is 3. The molecule has 2 N–H and O–H groups in total. The lowest BCUT2D eigenvalue weighted by Gasteiger charge is -2.14. The van der Waals surface area contributed by atoms with Gasteiger partial charge in [-0.2, -0.15) is 0 Å². The van der Waals surface area contributed by atoms with Gasteiger partial charge in [-0.1, -0.05) is 29.8 Å². The fraction of sp³-hybridized carbons (Fsp3) is 0.267. The third-order valence-electron chi connectivity index (χ3n) is 6.55. The summed E-state index contributed by atoms with van der Waals surface area (Å²) < 4.78 is 7.10. The van der Waals surface area contributed by atoms with Crippen molar-refractivity contribution in [1.29, 1.82) is 0 Å². The smallest absolute Gasteiger partial charge is 0.300 e. The van der Waals surface area contributed by atoms with Gasteiger partial charge in [0.15, 0.2) is 0 Å². The van der Waals surface area contributed by atoms with Crippen molar-refractivity contribution in [3.63, 3.8) is 0 Å². The monoisotopic (exact) mass is 575 g/mol. The molecule has 0 aliphatic carbocycles. The Morgan fingerprint density at radius 1 is 1.10 bits per heavy atom. The van der Waals surface area contributed by atoms with Crippen LogP contribution in [0.5, 0.6) is 5.75 Å². The predicted molar refractivity (Wildman–Crippen MR) is 161 cm³/mol. The summed E-state index contributed by atoms with van der Waals surface area (Å²) in [5.41, 5.74) is 3.06. The van der Waals surface area contributed by atoms with Crippen molar-refractivity contribution in [2.75, 3.05) is 25.0 Å². The van der Waals surface area contributed by atoms with Gasteiger partial charge >= 0.3 is 0 Å². The zero-order chi connectivity index (χ0) is 27.9. The number of nitrogens with one attached hydrogen (secondary N) is 1. The Balaban J connectivity index is 0.000000758. The standard InChI is InChI=1S/C28H26ClN5OS.C2H4O2/c29-23-16-20(7-9-24(23)35-17-21-5-1-2-11-30-21)33-27-26-22-8-6-19(10-14-34-12-3-4-13-34)15-25(22)36-28(26)32-18-31-27;1-2(3)4/h1-2,5-9,11,15-16,18H,3-4,10,12-14,17H2,(H,31,32,33);1H3,(H,3,4). The van der Waals surface area contributed by atoms with E-state index in [1.165, 1.54) is 41.6 Å². The molecule has 0 saturated carbocycles. The van der Waals surface area contributed by atoms with Crippen LogP contribution in [-0.2, 0) is 17.8 Å². The number of nitrogens with zero attached hydrogens (tertiary/aromatic N) is 4. The van der Waals surface area contributed by atoms with Gasteiger partial charge in [-0.25, -0.2) is 9.97 Å². The second-order valence-electron chi connectivity index (χ2n) is 9.53. The molecular weight excluding hydrogens is 546 g/mol. The fourth-order valence-corrected chi connectivity index (χ4v) is 6.01. The number of carboxylic acids is 1. The minimum absolute atomic E-state index is 0.362. The van der Waals surface area contributed by atoms with Gasteiger partial charge in [-0.3, -0.25) is 9.78 Å². The number of benzene rings is 2. The van der Waals surface area contributed by atoms with Crippen LogP contribution in [0.3, 0.4) is 0 Å². The van der Waals surface area contributed by atoms with Crippen molar-refractivity contribution >= 4 is 60.7 Å². The maximum Gasteiger partial charge on any atom is 0.300 e. The Labute approximate surface area is 241 Å². The van der Waals surface area contributed by atoms with E-state index in [0.717, 1.165) is 47.3 Å². The number of rotatable bonds is 8. The SMILES string of the molecule is CC(=O)O.Clc1cc(Nc2ncnc3sc4cc(CCN5CCCC5)ccc4c23)ccc1OCc1ccccn1. The molecule has 40 heavy (non-hydrogen) atoms. The highest BCUT2D eigenvalue weighted by Crippen LogP contribution is 2.38. The van der Waals surface area contributed by atoms with Gasteiger partial charge in [0.2, 0.25) is 0 Å². The van der Waals surface area contributed by atoms with Crippen LogP contribution in [0.4, 0.5) is 11.5 Å². The molecule has 8 nitrogen and oxygen atoms in total. The zero-order valence-electron chi connectivity index (χ0n) is 22.1. The number of halogens is 1. The summed E-state index contributed by atoms with van der Waals surface area (Å²) in [5, 5.41) is 13.6. The molecule has 0 atom stereocenters. The molecule has 206 valence electrons. The highest BCUT2D eigenvalue weighted by atomic mass is 35.5. The zero-order valence-corrected chi connectivity index (χ0v) is 23.7. The molecule has 0 bridgehead atoms. The topological polar surface area (TPSA) is 100 Å². The van der Waals surface area contributed by atoms with Gasteiger partial charge in [0, 0.05) is 35.4 Å². The lowest BCUT2D eigenvalue weighted by atomic mass is 10.1. The first-order valence-electron chi connectivity index (χ1n) is 13.1. The lowest BCUT2D eigenvalue weighted by molar-refractivity contribution is -0.134. The number of hydrogen-bond donors (Lipinski definition) is 2. The molecule has 3 aromatic heterocycles. The molecule has 10 heteroatoms. The highest BCUT2D eigenvalue weighted by molar-refractivity contribution is 7.25. The number of anilines is 2. The predicted octanol–water partition coefficient (Wildman–Crippen LogP) is 6.94. The second-order valence-corrected chi connectivity index (χ2v) is 11.0. The molecular formula is C30H30ClN5O3S. The van der Waals surface area contributed by atoms with E-state index in [-0.39, 0.29) is 0 Å². The maximum absolute atomic E-state index is 9.00. The summed E-state index contributed by atoms with van der Waals surface area (Å²) in [5.74, 6) is 0.553. The Kier molecular flexibility index (Phi) is 9.05. The van der Waals surface area contributed by atoms with E-state index in [0.29, 0.717) is 17.4 Å². The summed E-state index contributed by atoms with van der Waals surface area (Å²) in [6.45, 7) is 5.04. The van der Waals surface area contributed by atoms with Crippen molar-refractivity contribution in [3.8, 4) is 5.75 Å². The normalized spacial score (nSPS) is 13.2. The summed E-state index contributed by atoms with van der Waals surface area (Å²) >= 11 is 8.24. The molecule has 1 saturated heterocycles. The Bertz CT molecular complexity index is 1600. The second kappa shape index (κ2) is 13.0. The number of ether oxygens (including phenoxy) is 1. The van der Waals surface area contributed by atoms with E-state index in [1.807, 2.05) is 36.4 Å². The van der Waals surface area contributed by atoms with Crippen LogP contribution >= 0.6 is 22.9 Å². The van der Waals surface area contributed by atoms with Crippen LogP contribution < -0.4 is 10.1 Å². The summed E-state index contributed by atoms with van der Waals surface area (Å²) in [6, 6.07) is 18.2. The Morgan fingerprint density at radius 2 is 1.93 bits per heavy atom. The lowest BCUT2D eigenvalue weighted by Crippen LogP contribution is -2.21. The van der Waals surface area contributed by atoms with Crippen LogP contribution in [0, 0.1) is 0 Å². The number of pyridine rings is 1. The number of carbonyl (C=O) groups is 1.